The van der Waals surface area contributed by atoms with E-state index in [1.165, 1.54) is 11.3 Å². The fraction of sp³-hybridized carbons (Fsp3) is 0.0556. The molecule has 0 bridgehead atoms. The van der Waals surface area contributed by atoms with Crippen LogP contribution in [0.1, 0.15) is 11.4 Å². The molecular weight excluding hydrogens is 348 g/mol. The molecule has 0 aliphatic heterocycles. The van der Waals surface area contributed by atoms with E-state index in [0.29, 0.717) is 16.8 Å². The highest BCUT2D eigenvalue weighted by atomic mass is 32.1. The van der Waals surface area contributed by atoms with E-state index in [2.05, 4.69) is 31.8 Å². The fourth-order valence-corrected chi connectivity index (χ4v) is 3.64. The number of hydrogen-bond acceptors (Lipinski definition) is 6. The molecule has 0 amide bonds. The summed E-state index contributed by atoms with van der Waals surface area (Å²) in [6.07, 6.45) is 3.49. The van der Waals surface area contributed by atoms with Gasteiger partial charge in [0, 0.05) is 23.0 Å². The zero-order valence-electron chi connectivity index (χ0n) is 13.7. The first-order valence-corrected chi connectivity index (χ1v) is 8.73. The molecule has 3 aromatic heterocycles. The number of nitrogen functional groups attached to an aromatic ring is 1. The highest BCUT2D eigenvalue weighted by Crippen LogP contribution is 2.32. The molecule has 26 heavy (non-hydrogen) atoms. The fourth-order valence-electron chi connectivity index (χ4n) is 2.65. The van der Waals surface area contributed by atoms with Crippen LogP contribution in [0.25, 0.3) is 26.4 Å². The lowest BCUT2D eigenvalue weighted by atomic mass is 10.1. The summed E-state index contributed by atoms with van der Waals surface area (Å²) in [5.41, 5.74) is 8.76. The second kappa shape index (κ2) is 6.49. The van der Waals surface area contributed by atoms with Crippen molar-refractivity contribution in [2.45, 2.75) is 6.54 Å². The van der Waals surface area contributed by atoms with E-state index in [0.717, 1.165) is 27.5 Å². The summed E-state index contributed by atoms with van der Waals surface area (Å²) in [4.78, 5) is 26.9. The molecule has 7 nitrogen and oxygen atoms in total. The predicted octanol–water partition coefficient (Wildman–Crippen LogP) is 2.72. The first-order valence-electron chi connectivity index (χ1n) is 7.91. The Kier molecular flexibility index (Phi) is 4.02. The first kappa shape index (κ1) is 16.1. The van der Waals surface area contributed by atoms with Gasteiger partial charge in [0.1, 0.15) is 10.5 Å². The Labute approximate surface area is 152 Å². The Morgan fingerprint density at radius 3 is 3.04 bits per heavy atom. The highest BCUT2D eigenvalue weighted by molar-refractivity contribution is 7.22. The number of hydrogen-bond donors (Lipinski definition) is 4. The molecule has 0 saturated carbocycles. The second-order valence-corrected chi connectivity index (χ2v) is 6.78. The Hall–Kier alpha value is -3.39. The number of fused-ring (bicyclic) bond motifs is 1. The molecule has 0 atom stereocenters. The summed E-state index contributed by atoms with van der Waals surface area (Å²) >= 11 is 1.39. The van der Waals surface area contributed by atoms with E-state index < -0.39 is 0 Å². The largest absolute Gasteiger partial charge is 0.378 e. The van der Waals surface area contributed by atoms with Gasteiger partial charge < -0.3 is 16.0 Å². The molecule has 0 saturated heterocycles. The van der Waals surface area contributed by atoms with Crippen LogP contribution in [0.3, 0.4) is 0 Å². The average molecular weight is 364 g/mol. The van der Waals surface area contributed by atoms with Gasteiger partial charge in [0.2, 0.25) is 5.95 Å². The van der Waals surface area contributed by atoms with Crippen molar-refractivity contribution >= 4 is 33.2 Å². The second-order valence-electron chi connectivity index (χ2n) is 5.72. The van der Waals surface area contributed by atoms with Crippen molar-refractivity contribution in [1.29, 1.82) is 0 Å². The Balaban J connectivity index is 1.62. The van der Waals surface area contributed by atoms with Crippen LogP contribution in [0, 0.1) is 0 Å². The maximum absolute atomic E-state index is 12.0. The van der Waals surface area contributed by atoms with Crippen molar-refractivity contribution in [3.8, 4) is 10.4 Å². The third-order valence-corrected chi connectivity index (χ3v) is 5.09. The Morgan fingerprint density at radius 1 is 1.35 bits per heavy atom. The van der Waals surface area contributed by atoms with Gasteiger partial charge in [-0.05, 0) is 23.3 Å². The van der Waals surface area contributed by atoms with Gasteiger partial charge in [-0.3, -0.25) is 9.78 Å². The first-order chi connectivity index (χ1) is 12.6. The van der Waals surface area contributed by atoms with Crippen LogP contribution in [-0.4, -0.2) is 19.9 Å². The lowest BCUT2D eigenvalue weighted by Crippen LogP contribution is -2.11. The molecule has 4 rings (SSSR count). The van der Waals surface area contributed by atoms with Crippen molar-refractivity contribution < 1.29 is 0 Å². The van der Waals surface area contributed by atoms with Crippen LogP contribution in [0.2, 0.25) is 0 Å². The summed E-state index contributed by atoms with van der Waals surface area (Å²) < 4.78 is 0.564. The number of anilines is 1. The Bertz CT molecular complexity index is 1140. The normalized spacial score (nSPS) is 10.9. The minimum atomic E-state index is -0.218. The number of H-pyrrole nitrogens is 2. The summed E-state index contributed by atoms with van der Waals surface area (Å²) in [6, 6.07) is 9.84. The molecule has 0 aliphatic carbocycles. The maximum atomic E-state index is 12.0. The number of nitrogens with zero attached hydrogens (tertiary/aromatic N) is 2. The van der Waals surface area contributed by atoms with Crippen molar-refractivity contribution in [1.82, 2.24) is 25.3 Å². The molecule has 0 radical (unpaired) electrons. The average Bonchev–Trinajstić information content (AvgIpc) is 3.29. The number of nitrogens with one attached hydrogen (secondary N) is 3. The number of aromatic nitrogens is 4. The van der Waals surface area contributed by atoms with E-state index in [-0.39, 0.29) is 11.5 Å². The molecule has 0 spiro atoms. The topological polar surface area (TPSA) is 112 Å². The van der Waals surface area contributed by atoms with Crippen LogP contribution < -0.4 is 16.6 Å². The maximum Gasteiger partial charge on any atom is 0.270 e. The lowest BCUT2D eigenvalue weighted by molar-refractivity contribution is 0.829. The van der Waals surface area contributed by atoms with E-state index in [4.69, 9.17) is 5.73 Å². The SMILES string of the molecule is C=C(NCc1ncc[nH]1)c1cccc(-c2cc3nc(N)[nH]c(=O)c3s2)c1. The van der Waals surface area contributed by atoms with Crippen LogP contribution in [-0.2, 0) is 6.54 Å². The van der Waals surface area contributed by atoms with Gasteiger partial charge in [-0.15, -0.1) is 11.3 Å². The molecule has 3 heterocycles. The molecule has 0 unspecified atom stereocenters. The number of rotatable bonds is 5. The zero-order valence-corrected chi connectivity index (χ0v) is 14.6. The van der Waals surface area contributed by atoms with E-state index in [1.54, 1.807) is 12.4 Å². The summed E-state index contributed by atoms with van der Waals surface area (Å²) in [6.45, 7) is 4.66. The Morgan fingerprint density at radius 2 is 2.23 bits per heavy atom. The van der Waals surface area contributed by atoms with Gasteiger partial charge in [0.15, 0.2) is 0 Å². The number of aromatic amines is 2. The minimum Gasteiger partial charge on any atom is -0.378 e. The quantitative estimate of drug-likeness (QED) is 0.435. The number of nitrogens with two attached hydrogens (primary N) is 1. The number of benzene rings is 1. The van der Waals surface area contributed by atoms with Gasteiger partial charge in [-0.2, -0.15) is 0 Å². The third-order valence-electron chi connectivity index (χ3n) is 3.92. The number of imidazole rings is 1. The molecule has 1 aromatic carbocycles. The van der Waals surface area contributed by atoms with Crippen LogP contribution in [0.4, 0.5) is 5.95 Å². The van der Waals surface area contributed by atoms with E-state index in [9.17, 15) is 4.79 Å². The van der Waals surface area contributed by atoms with Crippen molar-refractivity contribution in [3.05, 3.63) is 71.0 Å². The summed E-state index contributed by atoms with van der Waals surface area (Å²) in [5, 5.41) is 3.25. The third kappa shape index (κ3) is 3.09. The van der Waals surface area contributed by atoms with Gasteiger partial charge >= 0.3 is 0 Å². The van der Waals surface area contributed by atoms with E-state index >= 15 is 0 Å². The monoisotopic (exact) mass is 364 g/mol. The number of thiophene rings is 1. The summed E-state index contributed by atoms with van der Waals surface area (Å²) in [7, 11) is 0. The standard InChI is InChI=1S/C18H16N6OS/c1-10(22-9-15-20-5-6-21-15)11-3-2-4-12(7-11)14-8-13-16(26-14)17(25)24-18(19)23-13/h2-8,22H,1,9H2,(H,20,21)(H3,19,23,24,25). The lowest BCUT2D eigenvalue weighted by Gasteiger charge is -2.09. The van der Waals surface area contributed by atoms with Crippen molar-refractivity contribution in [2.75, 3.05) is 5.73 Å². The molecule has 0 fully saturated rings. The minimum absolute atomic E-state index is 0.121. The van der Waals surface area contributed by atoms with Gasteiger partial charge in [0.25, 0.3) is 5.56 Å². The van der Waals surface area contributed by atoms with Gasteiger partial charge in [0.05, 0.1) is 12.1 Å². The molecule has 5 N–H and O–H groups in total. The van der Waals surface area contributed by atoms with Crippen LogP contribution in [0.5, 0.6) is 0 Å². The molecule has 130 valence electrons. The smallest absolute Gasteiger partial charge is 0.270 e. The predicted molar refractivity (Wildman–Crippen MR) is 105 cm³/mol. The zero-order chi connectivity index (χ0) is 18.1. The molecule has 0 aliphatic rings. The molecular formula is C18H16N6OS. The molecule has 8 heteroatoms. The van der Waals surface area contributed by atoms with Crippen LogP contribution in [0.15, 0.2) is 54.1 Å². The summed E-state index contributed by atoms with van der Waals surface area (Å²) in [5.74, 6) is 0.964. The van der Waals surface area contributed by atoms with Gasteiger partial charge in [-0.25, -0.2) is 9.97 Å². The van der Waals surface area contributed by atoms with Crippen molar-refractivity contribution in [2.24, 2.45) is 0 Å². The van der Waals surface area contributed by atoms with Gasteiger partial charge in [-0.1, -0.05) is 24.8 Å². The highest BCUT2D eigenvalue weighted by Gasteiger charge is 2.10. The van der Waals surface area contributed by atoms with Crippen molar-refractivity contribution in [3.63, 3.8) is 0 Å². The van der Waals surface area contributed by atoms with E-state index in [1.807, 2.05) is 30.3 Å². The van der Waals surface area contributed by atoms with Crippen LogP contribution >= 0.6 is 11.3 Å². The molecule has 4 aromatic rings.